The quantitative estimate of drug-likeness (QED) is 0.313. The van der Waals surface area contributed by atoms with Crippen LogP contribution in [0.25, 0.3) is 0 Å². The number of halogens is 1. The van der Waals surface area contributed by atoms with Crippen LogP contribution in [0.1, 0.15) is 13.3 Å². The Bertz CT molecular complexity index is 696. The van der Waals surface area contributed by atoms with Gasteiger partial charge in [-0.25, -0.2) is 4.39 Å². The molecule has 3 N–H and O–H groups in total. The summed E-state index contributed by atoms with van der Waals surface area (Å²) in [4.78, 5) is 4.36. The van der Waals surface area contributed by atoms with Crippen molar-refractivity contribution in [1.82, 2.24) is 10.6 Å². The number of para-hydroxylation sites is 1. The van der Waals surface area contributed by atoms with E-state index in [1.54, 1.807) is 0 Å². The Morgan fingerprint density at radius 3 is 2.46 bits per heavy atom. The summed E-state index contributed by atoms with van der Waals surface area (Å²) in [5.41, 5.74) is 0. The van der Waals surface area contributed by atoms with Gasteiger partial charge in [0.2, 0.25) is 0 Å². The zero-order valence-electron chi connectivity index (χ0n) is 16.1. The van der Waals surface area contributed by atoms with Crippen LogP contribution in [0.4, 0.5) is 4.39 Å². The molecule has 2 aromatic rings. The molecule has 28 heavy (non-hydrogen) atoms. The van der Waals surface area contributed by atoms with Crippen LogP contribution in [0.5, 0.6) is 11.5 Å². The van der Waals surface area contributed by atoms with Gasteiger partial charge in [0.1, 0.15) is 30.0 Å². The van der Waals surface area contributed by atoms with E-state index in [0.29, 0.717) is 31.4 Å². The van der Waals surface area contributed by atoms with Crippen LogP contribution >= 0.6 is 0 Å². The molecule has 0 bridgehead atoms. The SMILES string of the molecule is CCNC(=NCC(O)COc1ccc(F)cc1)NCCCOc1ccccc1. The molecule has 1 unspecified atom stereocenters. The molecule has 0 heterocycles. The molecule has 2 rings (SSSR count). The number of hydrogen-bond acceptors (Lipinski definition) is 4. The van der Waals surface area contributed by atoms with Crippen LogP contribution in [0, 0.1) is 5.82 Å². The maximum Gasteiger partial charge on any atom is 0.191 e. The Morgan fingerprint density at radius 1 is 1.04 bits per heavy atom. The second-order valence-electron chi connectivity index (χ2n) is 6.08. The topological polar surface area (TPSA) is 75.1 Å². The summed E-state index contributed by atoms with van der Waals surface area (Å²) in [6.07, 6.45) is 0.0529. The van der Waals surface area contributed by atoms with E-state index in [-0.39, 0.29) is 19.0 Å². The van der Waals surface area contributed by atoms with Crippen molar-refractivity contribution < 1.29 is 19.0 Å². The third kappa shape index (κ3) is 8.73. The molecule has 0 aliphatic rings. The number of aliphatic hydroxyl groups is 1. The van der Waals surface area contributed by atoms with Crippen LogP contribution in [0.15, 0.2) is 59.6 Å². The number of ether oxygens (including phenoxy) is 2. The largest absolute Gasteiger partial charge is 0.494 e. The van der Waals surface area contributed by atoms with E-state index in [4.69, 9.17) is 9.47 Å². The molecule has 0 aliphatic carbocycles. The standard InChI is InChI=1S/C21H28FN3O3/c1-2-23-21(24-13-6-14-27-19-7-4-3-5-8-19)25-15-18(26)16-28-20-11-9-17(22)10-12-20/h3-5,7-12,18,26H,2,6,13-16H2,1H3,(H2,23,24,25). The molecule has 7 heteroatoms. The van der Waals surface area contributed by atoms with Crippen molar-refractivity contribution in [3.63, 3.8) is 0 Å². The molecule has 0 amide bonds. The molecular weight excluding hydrogens is 361 g/mol. The van der Waals surface area contributed by atoms with Crippen molar-refractivity contribution in [3.8, 4) is 11.5 Å². The lowest BCUT2D eigenvalue weighted by Gasteiger charge is -2.14. The Labute approximate surface area is 165 Å². The van der Waals surface area contributed by atoms with Gasteiger partial charge in [0.05, 0.1) is 13.2 Å². The summed E-state index contributed by atoms with van der Waals surface area (Å²) in [5, 5.41) is 16.4. The predicted molar refractivity (Wildman–Crippen MR) is 108 cm³/mol. The van der Waals surface area contributed by atoms with Crippen molar-refractivity contribution in [2.45, 2.75) is 19.4 Å². The average molecular weight is 389 g/mol. The van der Waals surface area contributed by atoms with Gasteiger partial charge in [-0.2, -0.15) is 0 Å². The zero-order valence-corrected chi connectivity index (χ0v) is 16.1. The molecule has 0 aromatic heterocycles. The fourth-order valence-electron chi connectivity index (χ4n) is 2.30. The zero-order chi connectivity index (χ0) is 20.0. The first-order valence-electron chi connectivity index (χ1n) is 9.44. The minimum absolute atomic E-state index is 0.0828. The molecule has 0 saturated carbocycles. The van der Waals surface area contributed by atoms with Crippen molar-refractivity contribution >= 4 is 5.96 Å². The van der Waals surface area contributed by atoms with Gasteiger partial charge in [-0.05, 0) is 49.7 Å². The summed E-state index contributed by atoms with van der Waals surface area (Å²) >= 11 is 0. The molecule has 0 aliphatic heterocycles. The van der Waals surface area contributed by atoms with Crippen LogP contribution in [-0.2, 0) is 0 Å². The van der Waals surface area contributed by atoms with E-state index in [9.17, 15) is 9.50 Å². The van der Waals surface area contributed by atoms with Crippen LogP contribution in [0.2, 0.25) is 0 Å². The van der Waals surface area contributed by atoms with Gasteiger partial charge >= 0.3 is 0 Å². The summed E-state index contributed by atoms with van der Waals surface area (Å²) in [7, 11) is 0. The first-order valence-corrected chi connectivity index (χ1v) is 9.44. The van der Waals surface area contributed by atoms with E-state index in [2.05, 4.69) is 15.6 Å². The number of nitrogens with zero attached hydrogens (tertiary/aromatic N) is 1. The lowest BCUT2D eigenvalue weighted by molar-refractivity contribution is 0.114. The second-order valence-corrected chi connectivity index (χ2v) is 6.08. The summed E-state index contributed by atoms with van der Waals surface area (Å²) < 4.78 is 23.9. The first kappa shape index (κ1) is 21.5. The monoisotopic (exact) mass is 389 g/mol. The molecule has 6 nitrogen and oxygen atoms in total. The highest BCUT2D eigenvalue weighted by Gasteiger charge is 2.06. The molecule has 0 saturated heterocycles. The van der Waals surface area contributed by atoms with Crippen molar-refractivity contribution in [1.29, 1.82) is 0 Å². The van der Waals surface area contributed by atoms with Gasteiger partial charge < -0.3 is 25.2 Å². The number of aliphatic hydroxyl groups excluding tert-OH is 1. The van der Waals surface area contributed by atoms with Gasteiger partial charge in [-0.15, -0.1) is 0 Å². The highest BCUT2D eigenvalue weighted by Crippen LogP contribution is 2.11. The van der Waals surface area contributed by atoms with E-state index in [0.717, 1.165) is 12.2 Å². The molecule has 0 fully saturated rings. The molecular formula is C21H28FN3O3. The van der Waals surface area contributed by atoms with Gasteiger partial charge in [-0.3, -0.25) is 4.99 Å². The Morgan fingerprint density at radius 2 is 1.75 bits per heavy atom. The van der Waals surface area contributed by atoms with Gasteiger partial charge in [-0.1, -0.05) is 18.2 Å². The molecule has 2 aromatic carbocycles. The van der Waals surface area contributed by atoms with Gasteiger partial charge in [0, 0.05) is 13.1 Å². The minimum atomic E-state index is -0.762. The van der Waals surface area contributed by atoms with Crippen LogP contribution in [-0.4, -0.2) is 50.0 Å². The minimum Gasteiger partial charge on any atom is -0.494 e. The Hall–Kier alpha value is -2.80. The van der Waals surface area contributed by atoms with E-state index in [1.807, 2.05) is 37.3 Å². The third-order valence-corrected chi connectivity index (χ3v) is 3.69. The highest BCUT2D eigenvalue weighted by atomic mass is 19.1. The number of aliphatic imine (C=N–C) groups is 1. The summed E-state index contributed by atoms with van der Waals surface area (Å²) in [6.45, 7) is 4.26. The maximum absolute atomic E-state index is 12.9. The smallest absolute Gasteiger partial charge is 0.191 e. The number of nitrogens with one attached hydrogen (secondary N) is 2. The lowest BCUT2D eigenvalue weighted by atomic mass is 10.3. The van der Waals surface area contributed by atoms with Crippen molar-refractivity contribution in [3.05, 3.63) is 60.4 Å². The van der Waals surface area contributed by atoms with E-state index < -0.39 is 6.10 Å². The third-order valence-electron chi connectivity index (χ3n) is 3.69. The van der Waals surface area contributed by atoms with E-state index in [1.165, 1.54) is 24.3 Å². The van der Waals surface area contributed by atoms with Crippen molar-refractivity contribution in [2.24, 2.45) is 4.99 Å². The summed E-state index contributed by atoms with van der Waals surface area (Å²) in [5.74, 6) is 1.66. The predicted octanol–water partition coefficient (Wildman–Crippen LogP) is 2.59. The van der Waals surface area contributed by atoms with Crippen LogP contribution in [0.3, 0.4) is 0 Å². The Balaban J connectivity index is 1.66. The second kappa shape index (κ2) is 12.6. The fraction of sp³-hybridized carbons (Fsp3) is 0.381. The number of benzene rings is 2. The average Bonchev–Trinajstić information content (AvgIpc) is 2.72. The summed E-state index contributed by atoms with van der Waals surface area (Å²) in [6, 6.07) is 15.4. The number of hydrogen-bond donors (Lipinski definition) is 3. The highest BCUT2D eigenvalue weighted by molar-refractivity contribution is 5.79. The van der Waals surface area contributed by atoms with Crippen molar-refractivity contribution in [2.75, 3.05) is 32.8 Å². The molecule has 1 atom stereocenters. The van der Waals surface area contributed by atoms with Gasteiger partial charge in [0.15, 0.2) is 5.96 Å². The first-order chi connectivity index (χ1) is 13.7. The fourth-order valence-corrected chi connectivity index (χ4v) is 2.30. The molecule has 0 spiro atoms. The maximum atomic E-state index is 12.9. The lowest BCUT2D eigenvalue weighted by Crippen LogP contribution is -2.39. The van der Waals surface area contributed by atoms with E-state index >= 15 is 0 Å². The normalized spacial score (nSPS) is 12.3. The Kier molecular flexibility index (Phi) is 9.65. The molecule has 0 radical (unpaired) electrons. The number of rotatable bonds is 11. The molecule has 152 valence electrons. The van der Waals surface area contributed by atoms with Crippen LogP contribution < -0.4 is 20.1 Å². The van der Waals surface area contributed by atoms with Gasteiger partial charge in [0.25, 0.3) is 0 Å². The number of guanidine groups is 1.